The van der Waals surface area contributed by atoms with E-state index in [1.165, 1.54) is 12.8 Å². The minimum atomic E-state index is -1.33. The minimum Gasteiger partial charge on any atom is -0.491 e. The molecule has 1 amide bonds. The Morgan fingerprint density at radius 2 is 1.97 bits per heavy atom. The summed E-state index contributed by atoms with van der Waals surface area (Å²) in [5, 5.41) is 27.7. The number of carboxylic acid groups (broad SMARTS) is 1. The molecule has 11 heteroatoms. The second kappa shape index (κ2) is 9.64. The molecule has 0 bridgehead atoms. The predicted octanol–water partition coefficient (Wildman–Crippen LogP) is 1.56. The number of amides is 1. The van der Waals surface area contributed by atoms with Crippen molar-refractivity contribution in [2.45, 2.75) is 31.7 Å². The van der Waals surface area contributed by atoms with Crippen molar-refractivity contribution in [3.8, 4) is 11.4 Å². The Morgan fingerprint density at radius 1 is 1.28 bits per heavy atom. The van der Waals surface area contributed by atoms with E-state index in [1.54, 1.807) is 10.9 Å². The first-order valence-electron chi connectivity index (χ1n) is 9.24. The zero-order valence-corrected chi connectivity index (χ0v) is 15.7. The van der Waals surface area contributed by atoms with Gasteiger partial charge in [0.25, 0.3) is 0 Å². The summed E-state index contributed by atoms with van der Waals surface area (Å²) < 4.78 is 7.06. The van der Waals surface area contributed by atoms with E-state index in [1.807, 2.05) is 24.3 Å². The van der Waals surface area contributed by atoms with E-state index in [9.17, 15) is 0 Å². The van der Waals surface area contributed by atoms with Crippen molar-refractivity contribution < 1.29 is 19.7 Å². The SMILES string of the molecule is NC(=O)O.OCCOc1ccc(-n2nnc3cnc(NC4CCCC4)nc32)cc1. The topological polar surface area (TPSA) is 161 Å². The van der Waals surface area contributed by atoms with Gasteiger partial charge < -0.3 is 26.0 Å². The monoisotopic (exact) mass is 401 g/mol. The Hall–Kier alpha value is -3.47. The summed E-state index contributed by atoms with van der Waals surface area (Å²) in [6.45, 7) is 0.262. The van der Waals surface area contributed by atoms with Gasteiger partial charge in [-0.15, -0.1) is 5.10 Å². The van der Waals surface area contributed by atoms with Crippen LogP contribution in [-0.2, 0) is 0 Å². The Balaban J connectivity index is 0.000000552. The van der Waals surface area contributed by atoms with Crippen LogP contribution in [0.2, 0.25) is 0 Å². The number of benzene rings is 1. The predicted molar refractivity (Wildman–Crippen MR) is 105 cm³/mol. The molecule has 154 valence electrons. The fourth-order valence-electron chi connectivity index (χ4n) is 3.07. The number of ether oxygens (including phenoxy) is 1. The van der Waals surface area contributed by atoms with E-state index in [0.29, 0.717) is 28.9 Å². The van der Waals surface area contributed by atoms with E-state index in [0.717, 1.165) is 18.5 Å². The van der Waals surface area contributed by atoms with Crippen molar-refractivity contribution in [2.24, 2.45) is 5.73 Å². The largest absolute Gasteiger partial charge is 0.491 e. The highest BCUT2D eigenvalue weighted by molar-refractivity contribution is 5.72. The van der Waals surface area contributed by atoms with Crippen LogP contribution in [-0.4, -0.2) is 60.5 Å². The summed E-state index contributed by atoms with van der Waals surface area (Å²) in [5.41, 5.74) is 6.18. The number of primary amides is 1. The second-order valence-electron chi connectivity index (χ2n) is 6.43. The zero-order valence-electron chi connectivity index (χ0n) is 15.7. The normalized spacial score (nSPS) is 13.7. The number of carbonyl (C=O) groups is 1. The Labute approximate surface area is 166 Å². The van der Waals surface area contributed by atoms with Gasteiger partial charge in [0.1, 0.15) is 12.4 Å². The zero-order chi connectivity index (χ0) is 20.6. The lowest BCUT2D eigenvalue weighted by atomic mass is 10.2. The van der Waals surface area contributed by atoms with E-state index >= 15 is 0 Å². The molecule has 1 fully saturated rings. The summed E-state index contributed by atoms with van der Waals surface area (Å²) in [6, 6.07) is 7.87. The van der Waals surface area contributed by atoms with Crippen LogP contribution in [0, 0.1) is 0 Å². The lowest BCUT2D eigenvalue weighted by Gasteiger charge is -2.11. The Bertz CT molecular complexity index is 935. The highest BCUT2D eigenvalue weighted by Crippen LogP contribution is 2.22. The maximum absolute atomic E-state index is 8.81. The standard InChI is InChI=1S/C17H20N6O2.CH3NO2/c24-9-10-25-14-7-5-13(6-8-14)23-16-15(21-22-23)11-18-17(20-16)19-12-3-1-2-4-12;2-1(3)4/h5-8,11-12,24H,1-4,9-10H2,(H,18,19,20);2H2,(H,3,4). The number of aliphatic hydroxyl groups is 1. The molecule has 0 aliphatic heterocycles. The molecule has 0 saturated heterocycles. The molecule has 0 unspecified atom stereocenters. The van der Waals surface area contributed by atoms with E-state index < -0.39 is 6.09 Å². The number of fused-ring (bicyclic) bond motifs is 1. The molecule has 4 rings (SSSR count). The molecule has 1 aromatic carbocycles. The number of nitrogens with zero attached hydrogens (tertiary/aromatic N) is 5. The lowest BCUT2D eigenvalue weighted by Crippen LogP contribution is -2.16. The van der Waals surface area contributed by atoms with Gasteiger partial charge in [0, 0.05) is 6.04 Å². The molecule has 29 heavy (non-hydrogen) atoms. The van der Waals surface area contributed by atoms with Gasteiger partial charge in [-0.05, 0) is 37.1 Å². The minimum absolute atomic E-state index is 0.0108. The highest BCUT2D eigenvalue weighted by Gasteiger charge is 2.17. The fraction of sp³-hybridized carbons (Fsp3) is 0.389. The van der Waals surface area contributed by atoms with Gasteiger partial charge in [0.05, 0.1) is 18.5 Å². The lowest BCUT2D eigenvalue weighted by molar-refractivity contribution is 0.201. The molecule has 2 heterocycles. The molecule has 1 aliphatic rings. The van der Waals surface area contributed by atoms with Crippen LogP contribution in [0.1, 0.15) is 25.7 Å². The summed E-state index contributed by atoms with van der Waals surface area (Å²) >= 11 is 0. The van der Waals surface area contributed by atoms with E-state index in [2.05, 4.69) is 31.3 Å². The molecule has 11 nitrogen and oxygen atoms in total. The molecule has 5 N–H and O–H groups in total. The molecule has 0 radical (unpaired) electrons. The van der Waals surface area contributed by atoms with Crippen molar-refractivity contribution in [3.05, 3.63) is 30.5 Å². The summed E-state index contributed by atoms with van der Waals surface area (Å²) in [7, 11) is 0. The average Bonchev–Trinajstić information content (AvgIpc) is 3.36. The summed E-state index contributed by atoms with van der Waals surface area (Å²) in [5.74, 6) is 1.31. The van der Waals surface area contributed by atoms with Crippen LogP contribution >= 0.6 is 0 Å². The molecular formula is C18H23N7O4. The first-order valence-corrected chi connectivity index (χ1v) is 9.24. The second-order valence-corrected chi connectivity index (χ2v) is 6.43. The van der Waals surface area contributed by atoms with Gasteiger partial charge in [-0.2, -0.15) is 9.67 Å². The van der Waals surface area contributed by atoms with Crippen LogP contribution in [0.4, 0.5) is 10.7 Å². The van der Waals surface area contributed by atoms with Crippen LogP contribution in [0.5, 0.6) is 5.75 Å². The van der Waals surface area contributed by atoms with Crippen molar-refractivity contribution in [1.82, 2.24) is 25.0 Å². The number of nitrogens with two attached hydrogens (primary N) is 1. The molecule has 0 spiro atoms. The Morgan fingerprint density at radius 3 is 2.62 bits per heavy atom. The smallest absolute Gasteiger partial charge is 0.402 e. The first-order chi connectivity index (χ1) is 14.1. The average molecular weight is 401 g/mol. The van der Waals surface area contributed by atoms with E-state index in [-0.39, 0.29) is 13.2 Å². The van der Waals surface area contributed by atoms with Crippen molar-refractivity contribution in [3.63, 3.8) is 0 Å². The van der Waals surface area contributed by atoms with Gasteiger partial charge in [-0.25, -0.2) is 9.78 Å². The van der Waals surface area contributed by atoms with Crippen LogP contribution in [0.15, 0.2) is 30.5 Å². The molecule has 3 aromatic rings. The maximum Gasteiger partial charge on any atom is 0.402 e. The van der Waals surface area contributed by atoms with Gasteiger partial charge in [-0.3, -0.25) is 0 Å². The number of nitrogens with one attached hydrogen (secondary N) is 1. The van der Waals surface area contributed by atoms with Gasteiger partial charge in [0.15, 0.2) is 11.2 Å². The van der Waals surface area contributed by atoms with Gasteiger partial charge in [-0.1, -0.05) is 18.1 Å². The number of aromatic nitrogens is 5. The van der Waals surface area contributed by atoms with Crippen molar-refractivity contribution in [1.29, 1.82) is 0 Å². The van der Waals surface area contributed by atoms with Gasteiger partial charge >= 0.3 is 6.09 Å². The molecule has 1 saturated carbocycles. The molecule has 1 aliphatic carbocycles. The number of hydrogen-bond acceptors (Lipinski definition) is 8. The van der Waals surface area contributed by atoms with Crippen molar-refractivity contribution in [2.75, 3.05) is 18.5 Å². The quantitative estimate of drug-likeness (QED) is 0.480. The molecule has 0 atom stereocenters. The number of aliphatic hydroxyl groups excluding tert-OH is 1. The van der Waals surface area contributed by atoms with Crippen LogP contribution < -0.4 is 15.8 Å². The molecular weight excluding hydrogens is 378 g/mol. The third-order valence-electron chi connectivity index (χ3n) is 4.32. The van der Waals surface area contributed by atoms with Crippen LogP contribution in [0.3, 0.4) is 0 Å². The number of anilines is 1. The third-order valence-corrected chi connectivity index (χ3v) is 4.32. The van der Waals surface area contributed by atoms with Gasteiger partial charge in [0.2, 0.25) is 5.95 Å². The summed E-state index contributed by atoms with van der Waals surface area (Å²) in [4.78, 5) is 17.7. The number of rotatable bonds is 6. The third kappa shape index (κ3) is 5.51. The van der Waals surface area contributed by atoms with Crippen molar-refractivity contribution >= 4 is 23.2 Å². The highest BCUT2D eigenvalue weighted by atomic mass is 16.5. The summed E-state index contributed by atoms with van der Waals surface area (Å²) in [6.07, 6.45) is 5.19. The van der Waals surface area contributed by atoms with E-state index in [4.69, 9.17) is 19.7 Å². The first kappa shape index (κ1) is 20.3. The fourth-order valence-corrected chi connectivity index (χ4v) is 3.07. The number of hydrogen-bond donors (Lipinski definition) is 4. The maximum atomic E-state index is 8.81. The Kier molecular flexibility index (Phi) is 6.74. The van der Waals surface area contributed by atoms with Crippen LogP contribution in [0.25, 0.3) is 16.9 Å². The molecule has 2 aromatic heterocycles.